The summed E-state index contributed by atoms with van der Waals surface area (Å²) in [6, 6.07) is 17.7. The van der Waals surface area contributed by atoms with E-state index in [1.54, 1.807) is 0 Å². The van der Waals surface area contributed by atoms with Gasteiger partial charge in [0.25, 0.3) is 5.91 Å². The van der Waals surface area contributed by atoms with Gasteiger partial charge in [-0.05, 0) is 47.2 Å². The van der Waals surface area contributed by atoms with E-state index in [0.29, 0.717) is 18.7 Å². The van der Waals surface area contributed by atoms with Gasteiger partial charge in [-0.25, -0.2) is 4.98 Å². The fraction of sp³-hybridized carbons (Fsp3) is 0.143. The minimum atomic E-state index is -0.144. The monoisotopic (exact) mass is 423 g/mol. The van der Waals surface area contributed by atoms with Crippen molar-refractivity contribution < 1.29 is 9.53 Å². The molecule has 0 aliphatic carbocycles. The molecule has 27 heavy (non-hydrogen) atoms. The number of carbonyl (C=O) groups excluding carboxylic acids is 1. The van der Waals surface area contributed by atoms with Gasteiger partial charge < -0.3 is 14.5 Å². The first-order valence-corrected chi connectivity index (χ1v) is 9.48. The van der Waals surface area contributed by atoms with Gasteiger partial charge in [0.15, 0.2) is 6.61 Å². The van der Waals surface area contributed by atoms with Crippen LogP contribution in [-0.4, -0.2) is 28.4 Å². The van der Waals surface area contributed by atoms with E-state index in [2.05, 4.69) is 26.2 Å². The summed E-state index contributed by atoms with van der Waals surface area (Å²) in [5.41, 5.74) is 1.86. The number of amides is 1. The number of benzene rings is 2. The molecule has 2 aromatic heterocycles. The number of hydrogen-bond donors (Lipinski definition) is 1. The molecule has 136 valence electrons. The maximum absolute atomic E-state index is 12.0. The molecule has 0 atom stereocenters. The van der Waals surface area contributed by atoms with Crippen molar-refractivity contribution in [3.63, 3.8) is 0 Å². The van der Waals surface area contributed by atoms with E-state index >= 15 is 0 Å². The Bertz CT molecular complexity index is 1070. The van der Waals surface area contributed by atoms with Crippen molar-refractivity contribution in [1.82, 2.24) is 14.7 Å². The van der Waals surface area contributed by atoms with Crippen molar-refractivity contribution in [2.75, 3.05) is 13.2 Å². The third-order valence-corrected chi connectivity index (χ3v) is 4.75. The zero-order chi connectivity index (χ0) is 18.6. The number of rotatable bonds is 6. The maximum atomic E-state index is 12.0. The van der Waals surface area contributed by atoms with Gasteiger partial charge in [-0.15, -0.1) is 0 Å². The molecule has 4 rings (SSSR count). The van der Waals surface area contributed by atoms with Gasteiger partial charge in [0.2, 0.25) is 0 Å². The van der Waals surface area contributed by atoms with Crippen LogP contribution in [0.4, 0.5) is 0 Å². The second-order valence-corrected chi connectivity index (χ2v) is 7.16. The van der Waals surface area contributed by atoms with E-state index in [0.717, 1.165) is 26.6 Å². The zero-order valence-corrected chi connectivity index (χ0v) is 16.1. The summed E-state index contributed by atoms with van der Waals surface area (Å²) in [6.45, 7) is 0.519. The number of nitrogens with one attached hydrogen (secondary N) is 1. The predicted molar refractivity (Wildman–Crippen MR) is 109 cm³/mol. The van der Waals surface area contributed by atoms with Crippen LogP contribution < -0.4 is 10.1 Å². The minimum absolute atomic E-state index is 0.00675. The number of halogens is 1. The average Bonchev–Trinajstić information content (AvgIpc) is 3.09. The van der Waals surface area contributed by atoms with Gasteiger partial charge in [-0.2, -0.15) is 0 Å². The lowest BCUT2D eigenvalue weighted by Crippen LogP contribution is -2.30. The first-order valence-electron chi connectivity index (χ1n) is 8.69. The van der Waals surface area contributed by atoms with Crippen LogP contribution in [0.3, 0.4) is 0 Å². The quantitative estimate of drug-likeness (QED) is 0.510. The van der Waals surface area contributed by atoms with Gasteiger partial charge in [0.05, 0.1) is 5.69 Å². The minimum Gasteiger partial charge on any atom is -0.484 e. The number of imidazole rings is 1. The van der Waals surface area contributed by atoms with Crippen LogP contribution in [0.2, 0.25) is 0 Å². The molecular formula is C21H18BrN3O2. The fourth-order valence-electron chi connectivity index (χ4n) is 2.92. The first kappa shape index (κ1) is 17.5. The molecule has 0 spiro atoms. The normalized spacial score (nSPS) is 11.0. The molecule has 0 fully saturated rings. The number of hydrogen-bond acceptors (Lipinski definition) is 3. The molecule has 0 bridgehead atoms. The van der Waals surface area contributed by atoms with Crippen molar-refractivity contribution >= 4 is 38.3 Å². The Labute approximate surface area is 165 Å². The van der Waals surface area contributed by atoms with Crippen LogP contribution in [-0.2, 0) is 11.2 Å². The predicted octanol–water partition coefficient (Wildman–Crippen LogP) is 3.99. The van der Waals surface area contributed by atoms with Crippen molar-refractivity contribution in [3.8, 4) is 5.75 Å². The van der Waals surface area contributed by atoms with E-state index in [-0.39, 0.29) is 12.5 Å². The smallest absolute Gasteiger partial charge is 0.257 e. The molecule has 5 nitrogen and oxygen atoms in total. The number of fused-ring (bicyclic) bond motifs is 2. The highest BCUT2D eigenvalue weighted by molar-refractivity contribution is 9.10. The third-order valence-electron chi connectivity index (χ3n) is 4.26. The van der Waals surface area contributed by atoms with Crippen LogP contribution in [0.1, 0.15) is 5.69 Å². The Kier molecular flexibility index (Phi) is 5.07. The SMILES string of the molecule is O=C(COc1ccc2cc(Br)ccc2c1)NCCc1cn2ccccc2n1. The topological polar surface area (TPSA) is 55.6 Å². The van der Waals surface area contributed by atoms with Gasteiger partial charge in [0, 0.05) is 29.8 Å². The number of pyridine rings is 1. The van der Waals surface area contributed by atoms with Gasteiger partial charge >= 0.3 is 0 Å². The largest absolute Gasteiger partial charge is 0.484 e. The van der Waals surface area contributed by atoms with E-state index < -0.39 is 0 Å². The molecule has 2 heterocycles. The molecule has 4 aromatic rings. The summed E-state index contributed by atoms with van der Waals surface area (Å²) in [5.74, 6) is 0.537. The van der Waals surface area contributed by atoms with E-state index in [4.69, 9.17) is 4.74 Å². The van der Waals surface area contributed by atoms with Crippen LogP contribution in [0.5, 0.6) is 5.75 Å². The van der Waals surface area contributed by atoms with Crippen molar-refractivity contribution in [1.29, 1.82) is 0 Å². The molecule has 0 saturated carbocycles. The Morgan fingerprint density at radius 2 is 1.96 bits per heavy atom. The highest BCUT2D eigenvalue weighted by Gasteiger charge is 2.05. The summed E-state index contributed by atoms with van der Waals surface area (Å²) in [7, 11) is 0. The van der Waals surface area contributed by atoms with Crippen molar-refractivity contribution in [3.05, 3.63) is 77.2 Å². The summed E-state index contributed by atoms with van der Waals surface area (Å²) in [4.78, 5) is 16.5. The molecule has 0 unspecified atom stereocenters. The molecule has 1 N–H and O–H groups in total. The standard InChI is InChI=1S/C21H18BrN3O2/c22-17-6-4-16-12-19(7-5-15(16)11-17)27-14-21(26)23-9-8-18-13-25-10-2-1-3-20(25)24-18/h1-7,10-13H,8-9,14H2,(H,23,26). The molecule has 2 aromatic carbocycles. The second kappa shape index (κ2) is 7.80. The molecule has 0 radical (unpaired) electrons. The van der Waals surface area contributed by atoms with Crippen LogP contribution in [0.15, 0.2) is 71.5 Å². The average molecular weight is 424 g/mol. The lowest BCUT2D eigenvalue weighted by atomic mass is 10.1. The molecule has 0 aliphatic rings. The lowest BCUT2D eigenvalue weighted by molar-refractivity contribution is -0.123. The molecule has 0 saturated heterocycles. The van der Waals surface area contributed by atoms with Crippen molar-refractivity contribution in [2.45, 2.75) is 6.42 Å². The Hall–Kier alpha value is -2.86. The zero-order valence-electron chi connectivity index (χ0n) is 14.6. The van der Waals surface area contributed by atoms with E-state index in [1.165, 1.54) is 0 Å². The number of ether oxygens (including phenoxy) is 1. The molecule has 6 heteroatoms. The highest BCUT2D eigenvalue weighted by atomic mass is 79.9. The number of carbonyl (C=O) groups is 1. The first-order chi connectivity index (χ1) is 13.2. The Balaban J connectivity index is 1.27. The van der Waals surface area contributed by atoms with Crippen LogP contribution in [0.25, 0.3) is 16.4 Å². The Morgan fingerprint density at radius 1 is 1.11 bits per heavy atom. The van der Waals surface area contributed by atoms with Crippen LogP contribution >= 0.6 is 15.9 Å². The maximum Gasteiger partial charge on any atom is 0.257 e. The van der Waals surface area contributed by atoms with E-state index in [1.807, 2.05) is 71.4 Å². The third kappa shape index (κ3) is 4.28. The second-order valence-electron chi connectivity index (χ2n) is 6.24. The summed E-state index contributed by atoms with van der Waals surface area (Å²) >= 11 is 3.46. The van der Waals surface area contributed by atoms with Gasteiger partial charge in [0.1, 0.15) is 11.4 Å². The fourth-order valence-corrected chi connectivity index (χ4v) is 3.30. The van der Waals surface area contributed by atoms with Gasteiger partial charge in [-0.3, -0.25) is 4.79 Å². The Morgan fingerprint density at radius 3 is 2.85 bits per heavy atom. The van der Waals surface area contributed by atoms with E-state index in [9.17, 15) is 4.79 Å². The summed E-state index contributed by atoms with van der Waals surface area (Å²) < 4.78 is 8.62. The number of nitrogens with zero attached hydrogens (tertiary/aromatic N) is 2. The summed E-state index contributed by atoms with van der Waals surface area (Å²) in [6.07, 6.45) is 4.62. The lowest BCUT2D eigenvalue weighted by Gasteiger charge is -2.08. The van der Waals surface area contributed by atoms with Gasteiger partial charge in [-0.1, -0.05) is 34.1 Å². The van der Waals surface area contributed by atoms with Crippen molar-refractivity contribution in [2.24, 2.45) is 0 Å². The highest BCUT2D eigenvalue weighted by Crippen LogP contribution is 2.24. The number of aromatic nitrogens is 2. The molecule has 1 amide bonds. The summed E-state index contributed by atoms with van der Waals surface area (Å²) in [5, 5.41) is 5.06. The van der Waals surface area contributed by atoms with Crippen LogP contribution in [0, 0.1) is 0 Å². The molecular weight excluding hydrogens is 406 g/mol. The molecule has 0 aliphatic heterocycles.